The normalized spacial score (nSPS) is 9.89. The average molecular weight is 1350 g/mol. The van der Waals surface area contributed by atoms with Gasteiger partial charge in [-0.15, -0.1) is 102 Å². The third kappa shape index (κ3) is 16.1. The zero-order valence-corrected chi connectivity index (χ0v) is 47.8. The van der Waals surface area contributed by atoms with E-state index in [1.165, 1.54) is 16.7 Å². The number of hydrogen-bond donors (Lipinski definition) is 2. The number of benzene rings is 6. The van der Waals surface area contributed by atoms with Crippen LogP contribution in [0.1, 0.15) is 22.9 Å². The van der Waals surface area contributed by atoms with E-state index >= 15 is 0 Å². The molecule has 386 valence electrons. The first-order chi connectivity index (χ1) is 36.3. The third-order valence-electron chi connectivity index (χ3n) is 11.3. The molecule has 0 atom stereocenters. The van der Waals surface area contributed by atoms with E-state index in [1.54, 1.807) is 12.4 Å². The minimum Gasteiger partial charge on any atom is -0.462 e. The molecule has 2 radical (unpaired) electrons. The van der Waals surface area contributed by atoms with Crippen LogP contribution >= 0.6 is 0 Å². The number of furan rings is 2. The van der Waals surface area contributed by atoms with Crippen molar-refractivity contribution in [3.8, 4) is 67.3 Å². The summed E-state index contributed by atoms with van der Waals surface area (Å²) in [6, 6.07) is 80.6. The van der Waals surface area contributed by atoms with Crippen LogP contribution in [0.5, 0.6) is 0 Å². The number of hydrogen-bond acceptors (Lipinski definition) is 8. The number of aliphatic hydroxyl groups excluding tert-OH is 2. The molecule has 0 saturated carbocycles. The second kappa shape index (κ2) is 30.6. The van der Waals surface area contributed by atoms with E-state index < -0.39 is 0 Å². The smallest absolute Gasteiger partial charge is 0.137 e. The van der Waals surface area contributed by atoms with E-state index in [0.29, 0.717) is 0 Å². The molecule has 0 bridgehead atoms. The molecule has 6 aromatic heterocycles. The summed E-state index contributed by atoms with van der Waals surface area (Å²) < 4.78 is 11.4. The molecule has 6 aromatic carbocycles. The topological polar surface area (TPSA) is 118 Å². The van der Waals surface area contributed by atoms with Crippen molar-refractivity contribution in [1.82, 2.24) is 19.9 Å². The van der Waals surface area contributed by atoms with Gasteiger partial charge in [0.05, 0.1) is 5.69 Å². The van der Waals surface area contributed by atoms with Crippen LogP contribution in [-0.2, 0) is 40.2 Å². The maximum Gasteiger partial charge on any atom is 0.137 e. The van der Waals surface area contributed by atoms with Crippen molar-refractivity contribution >= 4 is 21.9 Å². The Hall–Kier alpha value is -7.78. The Morgan fingerprint density at radius 3 is 1.24 bits per heavy atom. The summed E-state index contributed by atoms with van der Waals surface area (Å²) in [4.78, 5) is 17.9. The van der Waals surface area contributed by atoms with Crippen molar-refractivity contribution in [2.75, 3.05) is 14.2 Å². The van der Waals surface area contributed by atoms with Crippen LogP contribution in [0.15, 0.2) is 234 Å². The summed E-state index contributed by atoms with van der Waals surface area (Å²) in [6.45, 7) is 7.90. The molecule has 2 N–H and O–H groups in total. The van der Waals surface area contributed by atoms with E-state index in [0.717, 1.165) is 110 Å². The summed E-state index contributed by atoms with van der Waals surface area (Å²) in [5.74, 6) is 1.80. The molecule has 10 heteroatoms. The molecule has 12 rings (SSSR count). The average Bonchev–Trinajstić information content (AvgIpc) is 4.06. The Bertz CT molecular complexity index is 3330. The first-order valence-electron chi connectivity index (χ1n) is 24.0. The monoisotopic (exact) mass is 1360 g/mol. The van der Waals surface area contributed by atoms with Crippen LogP contribution in [0.4, 0.5) is 0 Å². The molecule has 8 nitrogen and oxygen atoms in total. The van der Waals surface area contributed by atoms with Crippen molar-refractivity contribution in [2.45, 2.75) is 27.7 Å². The third-order valence-corrected chi connectivity index (χ3v) is 11.3. The van der Waals surface area contributed by atoms with Crippen LogP contribution in [-0.4, -0.2) is 44.4 Å². The number of nitrogens with zero attached hydrogens (tertiary/aromatic N) is 4. The molecule has 6 heterocycles. The standard InChI is InChI=1S/C20H15NO.C20H14NO.2C12H10N.2CH4O.2Ir/c2*1-14-13-18-19(22-14)11-12-21-20(18)17-9-7-16(8-10-17)15-5-3-2-4-6-15;2*1-10-6-5-9-12(13-10)11-7-3-2-4-8-11;2*1-2;;/h2-13H,1H3;2-9,11-13H,1H3;2*2-7,9H,1H3;2*2H,1H3;;/q;3*-1;;;;. The molecule has 0 unspecified atom stereocenters. The quantitative estimate of drug-likeness (QED) is 0.158. The second-order valence-electron chi connectivity index (χ2n) is 16.5. The van der Waals surface area contributed by atoms with Crippen molar-refractivity contribution in [3.63, 3.8) is 0 Å². The molecule has 0 aliphatic rings. The van der Waals surface area contributed by atoms with Gasteiger partial charge in [0, 0.05) is 94.5 Å². The summed E-state index contributed by atoms with van der Waals surface area (Å²) in [5, 5.41) is 16.1. The number of fused-ring (bicyclic) bond motifs is 2. The minimum atomic E-state index is 0. The molecule has 76 heavy (non-hydrogen) atoms. The van der Waals surface area contributed by atoms with Crippen LogP contribution < -0.4 is 0 Å². The van der Waals surface area contributed by atoms with Crippen molar-refractivity contribution in [2.24, 2.45) is 0 Å². The van der Waals surface area contributed by atoms with Gasteiger partial charge in [0.15, 0.2) is 0 Å². The molecule has 0 spiro atoms. The zero-order chi connectivity index (χ0) is 52.1. The van der Waals surface area contributed by atoms with Gasteiger partial charge in [-0.25, -0.2) is 0 Å². The van der Waals surface area contributed by atoms with Gasteiger partial charge in [0.1, 0.15) is 22.7 Å². The Labute approximate surface area is 473 Å². The van der Waals surface area contributed by atoms with Crippen molar-refractivity contribution in [3.05, 3.63) is 266 Å². The van der Waals surface area contributed by atoms with Gasteiger partial charge in [-0.05, 0) is 92.3 Å². The van der Waals surface area contributed by atoms with Crippen molar-refractivity contribution in [1.29, 1.82) is 0 Å². The molecule has 0 fully saturated rings. The van der Waals surface area contributed by atoms with Gasteiger partial charge < -0.3 is 34.0 Å². The molecular formula is C66H57Ir2N4O4-3. The maximum atomic E-state index is 7.00. The Morgan fingerprint density at radius 1 is 0.368 bits per heavy atom. The number of rotatable bonds is 6. The van der Waals surface area contributed by atoms with E-state index in [2.05, 4.69) is 111 Å². The SMILES string of the molecule is CO.CO.Cc1cc2c(-c3[c-]cc(-c4ccccc4)cc3)nccc2o1.Cc1cc2c(-c3ccc(-c4ccccc4)cc3)nccc2o1.Cc1cccc(-c2[c-]cccc2)n1.Cc1cccc(-c2[c-]cccc2)n1.[Ir].[Ir]. The fourth-order valence-corrected chi connectivity index (χ4v) is 7.95. The number of aryl methyl sites for hydroxylation is 4. The number of aliphatic hydroxyl groups is 2. The van der Waals surface area contributed by atoms with Crippen LogP contribution in [0, 0.1) is 45.9 Å². The van der Waals surface area contributed by atoms with Crippen LogP contribution in [0.3, 0.4) is 0 Å². The van der Waals surface area contributed by atoms with Gasteiger partial charge in [-0.1, -0.05) is 120 Å². The van der Waals surface area contributed by atoms with E-state index in [-0.39, 0.29) is 40.2 Å². The van der Waals surface area contributed by atoms with Gasteiger partial charge in [-0.2, -0.15) is 0 Å². The number of pyridine rings is 4. The minimum absolute atomic E-state index is 0. The van der Waals surface area contributed by atoms with Crippen molar-refractivity contribution < 1.29 is 59.3 Å². The maximum absolute atomic E-state index is 7.00. The molecule has 0 amide bonds. The summed E-state index contributed by atoms with van der Waals surface area (Å²) in [7, 11) is 2.00. The van der Waals surface area contributed by atoms with Gasteiger partial charge in [-0.3, -0.25) is 4.98 Å². The molecule has 0 aliphatic carbocycles. The van der Waals surface area contributed by atoms with Gasteiger partial charge >= 0.3 is 0 Å². The van der Waals surface area contributed by atoms with E-state index in [1.807, 2.05) is 167 Å². The first kappa shape index (κ1) is 59.1. The number of aromatic nitrogens is 4. The molecular weight excluding hydrogens is 1300 g/mol. The zero-order valence-electron chi connectivity index (χ0n) is 43.0. The summed E-state index contributed by atoms with van der Waals surface area (Å²) in [5.41, 5.74) is 16.6. The van der Waals surface area contributed by atoms with E-state index in [9.17, 15) is 0 Å². The molecule has 12 aromatic rings. The second-order valence-corrected chi connectivity index (χ2v) is 16.5. The summed E-state index contributed by atoms with van der Waals surface area (Å²) in [6.07, 6.45) is 3.57. The Kier molecular flexibility index (Phi) is 23.8. The predicted octanol–water partition coefficient (Wildman–Crippen LogP) is 15.7. The fourth-order valence-electron chi connectivity index (χ4n) is 7.95. The first-order valence-corrected chi connectivity index (χ1v) is 24.0. The molecule has 0 aliphatic heterocycles. The van der Waals surface area contributed by atoms with E-state index in [4.69, 9.17) is 19.0 Å². The Balaban J connectivity index is 0.000000186. The van der Waals surface area contributed by atoms with Gasteiger partial charge in [0.2, 0.25) is 0 Å². The van der Waals surface area contributed by atoms with Crippen LogP contribution in [0.2, 0.25) is 0 Å². The summed E-state index contributed by atoms with van der Waals surface area (Å²) >= 11 is 0. The van der Waals surface area contributed by atoms with Crippen LogP contribution in [0.25, 0.3) is 89.2 Å². The largest absolute Gasteiger partial charge is 0.462 e. The molecule has 0 saturated heterocycles. The Morgan fingerprint density at radius 2 is 0.789 bits per heavy atom. The predicted molar refractivity (Wildman–Crippen MR) is 301 cm³/mol. The van der Waals surface area contributed by atoms with Gasteiger partial charge in [0.25, 0.3) is 0 Å². The fraction of sp³-hybridized carbons (Fsp3) is 0.0909.